The van der Waals surface area contributed by atoms with E-state index in [1.54, 1.807) is 0 Å². The lowest BCUT2D eigenvalue weighted by Crippen LogP contribution is -2.30. The zero-order valence-corrected chi connectivity index (χ0v) is 15.0. The average Bonchev–Trinajstić information content (AvgIpc) is 2.63. The summed E-state index contributed by atoms with van der Waals surface area (Å²) in [7, 11) is 0. The first kappa shape index (κ1) is 17.8. The third kappa shape index (κ3) is 4.74. The number of benzene rings is 2. The van der Waals surface area contributed by atoms with E-state index in [0.717, 1.165) is 30.0 Å². The average molecular weight is 358 g/mol. The largest absolute Gasteiger partial charge is 0.370 e. The highest BCUT2D eigenvalue weighted by Gasteiger charge is 2.18. The first-order valence-electron chi connectivity index (χ1n) is 8.78. The van der Waals surface area contributed by atoms with Gasteiger partial charge in [-0.2, -0.15) is 0 Å². The van der Waals surface area contributed by atoms with Crippen LogP contribution in [-0.2, 0) is 4.79 Å². The van der Waals surface area contributed by atoms with Gasteiger partial charge in [0, 0.05) is 30.6 Å². The molecular weight excluding hydrogens is 334 g/mol. The Morgan fingerprint density at radius 3 is 2.56 bits per heavy atom. The van der Waals surface area contributed by atoms with Crippen LogP contribution in [0, 0.1) is 0 Å². The summed E-state index contributed by atoms with van der Waals surface area (Å²) in [5.74, 6) is -0.100. The number of rotatable bonds is 5. The van der Waals surface area contributed by atoms with Crippen LogP contribution < -0.4 is 16.0 Å². The molecule has 1 unspecified atom stereocenters. The molecule has 0 aromatic heterocycles. The van der Waals surface area contributed by atoms with Gasteiger partial charge in [-0.1, -0.05) is 41.9 Å². The first-order chi connectivity index (χ1) is 12.1. The predicted molar refractivity (Wildman–Crippen MR) is 104 cm³/mol. The summed E-state index contributed by atoms with van der Waals surface area (Å²) in [6, 6.07) is 15.0. The van der Waals surface area contributed by atoms with E-state index in [2.05, 4.69) is 10.2 Å². The van der Waals surface area contributed by atoms with Gasteiger partial charge in [-0.3, -0.25) is 4.79 Å². The monoisotopic (exact) mass is 357 g/mol. The Bertz CT molecular complexity index is 714. The quantitative estimate of drug-likeness (QED) is 0.835. The van der Waals surface area contributed by atoms with Gasteiger partial charge < -0.3 is 16.0 Å². The Hall–Kier alpha value is -2.04. The molecule has 1 atom stereocenters. The smallest absolute Gasteiger partial charge is 0.226 e. The van der Waals surface area contributed by atoms with E-state index < -0.39 is 0 Å². The second-order valence-electron chi connectivity index (χ2n) is 6.48. The Morgan fingerprint density at radius 2 is 1.84 bits per heavy atom. The summed E-state index contributed by atoms with van der Waals surface area (Å²) in [6.45, 7) is 2.02. The van der Waals surface area contributed by atoms with Crippen LogP contribution in [0.3, 0.4) is 0 Å². The van der Waals surface area contributed by atoms with Crippen LogP contribution in [-0.4, -0.2) is 19.0 Å². The van der Waals surface area contributed by atoms with Crippen molar-refractivity contribution in [2.45, 2.75) is 31.7 Å². The normalized spacial score (nSPS) is 15.7. The van der Waals surface area contributed by atoms with Crippen LogP contribution in [0.15, 0.2) is 48.5 Å². The lowest BCUT2D eigenvalue weighted by molar-refractivity contribution is -0.116. The molecule has 132 valence electrons. The molecular formula is C20H24ClN3O. The van der Waals surface area contributed by atoms with Gasteiger partial charge in [-0.15, -0.1) is 0 Å². The number of carbonyl (C=O) groups is 1. The Labute approximate surface area is 154 Å². The molecule has 0 radical (unpaired) electrons. The zero-order chi connectivity index (χ0) is 17.6. The van der Waals surface area contributed by atoms with Crippen LogP contribution in [0.5, 0.6) is 0 Å². The Morgan fingerprint density at radius 1 is 1.12 bits per heavy atom. The van der Waals surface area contributed by atoms with Crippen LogP contribution in [0.1, 0.15) is 37.3 Å². The topological polar surface area (TPSA) is 58.4 Å². The van der Waals surface area contributed by atoms with E-state index in [9.17, 15) is 4.79 Å². The molecule has 1 fully saturated rings. The van der Waals surface area contributed by atoms with Gasteiger partial charge in [0.05, 0.1) is 11.4 Å². The third-order valence-electron chi connectivity index (χ3n) is 4.56. The summed E-state index contributed by atoms with van der Waals surface area (Å²) in [6.07, 6.45) is 3.84. The van der Waals surface area contributed by atoms with Crippen molar-refractivity contribution in [3.05, 3.63) is 59.1 Å². The molecule has 0 aliphatic carbocycles. The van der Waals surface area contributed by atoms with Crippen molar-refractivity contribution in [2.75, 3.05) is 23.3 Å². The third-order valence-corrected chi connectivity index (χ3v) is 4.80. The van der Waals surface area contributed by atoms with Crippen LogP contribution >= 0.6 is 11.6 Å². The van der Waals surface area contributed by atoms with Crippen molar-refractivity contribution < 1.29 is 4.79 Å². The summed E-state index contributed by atoms with van der Waals surface area (Å²) in [5, 5.41) is 3.62. The van der Waals surface area contributed by atoms with Crippen molar-refractivity contribution in [3.8, 4) is 0 Å². The second-order valence-corrected chi connectivity index (χ2v) is 6.92. The molecule has 1 amide bonds. The molecule has 4 nitrogen and oxygen atoms in total. The highest BCUT2D eigenvalue weighted by atomic mass is 35.5. The van der Waals surface area contributed by atoms with E-state index in [-0.39, 0.29) is 18.4 Å². The number of amides is 1. The Kier molecular flexibility index (Phi) is 5.95. The highest BCUT2D eigenvalue weighted by Crippen LogP contribution is 2.31. The van der Waals surface area contributed by atoms with Gasteiger partial charge in [0.25, 0.3) is 0 Å². The second kappa shape index (κ2) is 8.37. The maximum Gasteiger partial charge on any atom is 0.226 e. The standard InChI is InChI=1S/C20H24ClN3O/c21-16-9-10-19(24-11-5-2-6-12-24)18(13-16)23-20(25)14-17(22)15-7-3-1-4-8-15/h1,3-4,7-10,13,17H,2,5-6,11-12,14,22H2,(H,23,25). The summed E-state index contributed by atoms with van der Waals surface area (Å²) in [4.78, 5) is 14.8. The van der Waals surface area contributed by atoms with E-state index in [0.29, 0.717) is 5.02 Å². The fraction of sp³-hybridized carbons (Fsp3) is 0.350. The number of hydrogen-bond acceptors (Lipinski definition) is 3. The Balaban J connectivity index is 1.71. The number of nitrogens with one attached hydrogen (secondary N) is 1. The van der Waals surface area contributed by atoms with Gasteiger partial charge in [-0.25, -0.2) is 0 Å². The van der Waals surface area contributed by atoms with Crippen LogP contribution in [0.25, 0.3) is 0 Å². The van der Waals surface area contributed by atoms with Gasteiger partial charge >= 0.3 is 0 Å². The SMILES string of the molecule is NC(CC(=O)Nc1cc(Cl)ccc1N1CCCCC1)c1ccccc1. The zero-order valence-electron chi connectivity index (χ0n) is 14.2. The maximum absolute atomic E-state index is 12.5. The van der Waals surface area contributed by atoms with Gasteiger partial charge in [0.2, 0.25) is 5.91 Å². The van der Waals surface area contributed by atoms with E-state index in [1.807, 2.05) is 48.5 Å². The molecule has 0 spiro atoms. The molecule has 1 aliphatic rings. The summed E-state index contributed by atoms with van der Waals surface area (Å²) >= 11 is 6.15. The fourth-order valence-electron chi connectivity index (χ4n) is 3.24. The van der Waals surface area contributed by atoms with E-state index >= 15 is 0 Å². The number of nitrogens with two attached hydrogens (primary N) is 1. The van der Waals surface area contributed by atoms with Crippen LogP contribution in [0.2, 0.25) is 5.02 Å². The van der Waals surface area contributed by atoms with Gasteiger partial charge in [0.15, 0.2) is 0 Å². The van der Waals surface area contributed by atoms with Crippen molar-refractivity contribution in [1.82, 2.24) is 0 Å². The van der Waals surface area contributed by atoms with Gasteiger partial charge in [-0.05, 0) is 43.0 Å². The number of nitrogens with zero attached hydrogens (tertiary/aromatic N) is 1. The minimum absolute atomic E-state index is 0.100. The molecule has 25 heavy (non-hydrogen) atoms. The number of anilines is 2. The minimum Gasteiger partial charge on any atom is -0.370 e. The highest BCUT2D eigenvalue weighted by molar-refractivity contribution is 6.31. The van der Waals surface area contributed by atoms with Crippen molar-refractivity contribution in [1.29, 1.82) is 0 Å². The number of halogens is 1. The van der Waals surface area contributed by atoms with Crippen molar-refractivity contribution >= 4 is 28.9 Å². The number of carbonyl (C=O) groups excluding carboxylic acids is 1. The van der Waals surface area contributed by atoms with Gasteiger partial charge in [0.1, 0.15) is 0 Å². The lowest BCUT2D eigenvalue weighted by atomic mass is 10.0. The lowest BCUT2D eigenvalue weighted by Gasteiger charge is -2.30. The summed E-state index contributed by atoms with van der Waals surface area (Å²) in [5.41, 5.74) is 8.92. The number of hydrogen-bond donors (Lipinski definition) is 2. The maximum atomic E-state index is 12.5. The van der Waals surface area contributed by atoms with E-state index in [4.69, 9.17) is 17.3 Å². The molecule has 5 heteroatoms. The molecule has 0 saturated carbocycles. The molecule has 1 saturated heterocycles. The van der Waals surface area contributed by atoms with Crippen molar-refractivity contribution in [2.24, 2.45) is 5.73 Å². The molecule has 1 heterocycles. The fourth-order valence-corrected chi connectivity index (χ4v) is 3.41. The summed E-state index contributed by atoms with van der Waals surface area (Å²) < 4.78 is 0. The van der Waals surface area contributed by atoms with E-state index in [1.165, 1.54) is 19.3 Å². The molecule has 2 aromatic carbocycles. The van der Waals surface area contributed by atoms with Crippen LogP contribution in [0.4, 0.5) is 11.4 Å². The molecule has 3 rings (SSSR count). The number of piperidine rings is 1. The molecule has 0 bridgehead atoms. The minimum atomic E-state index is -0.321. The predicted octanol–water partition coefficient (Wildman–Crippen LogP) is 4.36. The molecule has 2 aromatic rings. The first-order valence-corrected chi connectivity index (χ1v) is 9.16. The molecule has 3 N–H and O–H groups in total. The molecule has 1 aliphatic heterocycles. The van der Waals surface area contributed by atoms with Crippen molar-refractivity contribution in [3.63, 3.8) is 0 Å².